The number of carbonyl (C=O) groups is 3. The van der Waals surface area contributed by atoms with Gasteiger partial charge < -0.3 is 14.8 Å². The second-order valence-electron chi connectivity index (χ2n) is 6.67. The SMILES string of the molecule is CC(C)(C)OC(=O)[N+]1(C(=O)OC(=O)c2ccccc2)CCNCC1. The number of imide groups is 1. The molecule has 24 heavy (non-hydrogen) atoms. The Balaban J connectivity index is 2.19. The third-order valence-electron chi connectivity index (χ3n) is 3.62. The van der Waals surface area contributed by atoms with E-state index < -0.39 is 28.2 Å². The molecule has 1 saturated heterocycles. The zero-order valence-electron chi connectivity index (χ0n) is 14.2. The van der Waals surface area contributed by atoms with Gasteiger partial charge in [-0.05, 0) is 32.9 Å². The van der Waals surface area contributed by atoms with Gasteiger partial charge in [0.25, 0.3) is 0 Å². The van der Waals surface area contributed by atoms with Gasteiger partial charge in [-0.2, -0.15) is 9.59 Å². The van der Waals surface area contributed by atoms with E-state index >= 15 is 0 Å². The maximum absolute atomic E-state index is 12.6. The average molecular weight is 335 g/mol. The van der Waals surface area contributed by atoms with Gasteiger partial charge in [-0.15, -0.1) is 4.48 Å². The van der Waals surface area contributed by atoms with Gasteiger partial charge in [-0.25, -0.2) is 4.79 Å². The Kier molecular flexibility index (Phi) is 5.36. The van der Waals surface area contributed by atoms with Crippen molar-refractivity contribution >= 4 is 18.2 Å². The van der Waals surface area contributed by atoms with Crippen LogP contribution in [0, 0.1) is 0 Å². The van der Waals surface area contributed by atoms with Gasteiger partial charge in [-0.1, -0.05) is 18.2 Å². The van der Waals surface area contributed by atoms with Crippen molar-refractivity contribution in [3.8, 4) is 0 Å². The first-order valence-corrected chi connectivity index (χ1v) is 7.88. The van der Waals surface area contributed by atoms with Gasteiger partial charge >= 0.3 is 18.2 Å². The van der Waals surface area contributed by atoms with E-state index in [0.29, 0.717) is 13.1 Å². The van der Waals surface area contributed by atoms with Gasteiger partial charge in [0.15, 0.2) is 0 Å². The minimum atomic E-state index is -0.903. The molecule has 1 aliphatic rings. The lowest BCUT2D eigenvalue weighted by Crippen LogP contribution is -2.65. The summed E-state index contributed by atoms with van der Waals surface area (Å²) >= 11 is 0. The first kappa shape index (κ1) is 18.1. The van der Waals surface area contributed by atoms with E-state index in [1.54, 1.807) is 51.1 Å². The number of hydrogen-bond donors (Lipinski definition) is 1. The summed E-state index contributed by atoms with van der Waals surface area (Å²) in [5.41, 5.74) is -0.486. The van der Waals surface area contributed by atoms with E-state index in [4.69, 9.17) is 9.47 Å². The second kappa shape index (κ2) is 7.11. The lowest BCUT2D eigenvalue weighted by molar-refractivity contribution is -0.787. The average Bonchev–Trinajstić information content (AvgIpc) is 2.54. The number of carbonyl (C=O) groups excluding carboxylic acids is 3. The van der Waals surface area contributed by atoms with E-state index in [1.807, 2.05) is 0 Å². The van der Waals surface area contributed by atoms with Crippen molar-refractivity contribution in [2.75, 3.05) is 26.2 Å². The predicted octanol–water partition coefficient (Wildman–Crippen LogP) is 2.32. The molecule has 7 nitrogen and oxygen atoms in total. The Morgan fingerprint density at radius 2 is 1.58 bits per heavy atom. The molecular weight excluding hydrogens is 312 g/mol. The van der Waals surface area contributed by atoms with Crippen LogP contribution in [0.3, 0.4) is 0 Å². The molecule has 0 aromatic heterocycles. The number of nitrogens with one attached hydrogen (secondary N) is 1. The molecule has 1 aromatic carbocycles. The van der Waals surface area contributed by atoms with Crippen molar-refractivity contribution < 1.29 is 28.3 Å². The maximum atomic E-state index is 12.6. The Labute approximate surface area is 141 Å². The molecule has 0 radical (unpaired) electrons. The highest BCUT2D eigenvalue weighted by molar-refractivity contribution is 5.96. The molecule has 0 aliphatic carbocycles. The van der Waals surface area contributed by atoms with Crippen molar-refractivity contribution in [2.45, 2.75) is 26.4 Å². The van der Waals surface area contributed by atoms with E-state index in [9.17, 15) is 14.4 Å². The lowest BCUT2D eigenvalue weighted by atomic mass is 10.2. The van der Waals surface area contributed by atoms with Crippen LogP contribution in [0.5, 0.6) is 0 Å². The quantitative estimate of drug-likeness (QED) is 0.482. The predicted molar refractivity (Wildman–Crippen MR) is 86.4 cm³/mol. The Hall–Kier alpha value is -2.25. The summed E-state index contributed by atoms with van der Waals surface area (Å²) in [6, 6.07) is 8.19. The normalized spacial score (nSPS) is 17.0. The topological polar surface area (TPSA) is 81.7 Å². The van der Waals surface area contributed by atoms with Gasteiger partial charge in [0.1, 0.15) is 18.7 Å². The molecule has 1 heterocycles. The third-order valence-corrected chi connectivity index (χ3v) is 3.62. The summed E-state index contributed by atoms with van der Waals surface area (Å²) in [6.07, 6.45) is -1.60. The number of hydrogen-bond acceptors (Lipinski definition) is 6. The number of benzene rings is 1. The Morgan fingerprint density at radius 3 is 2.12 bits per heavy atom. The van der Waals surface area contributed by atoms with Crippen molar-refractivity contribution in [1.82, 2.24) is 5.32 Å². The molecule has 130 valence electrons. The molecule has 2 amide bonds. The molecule has 0 spiro atoms. The largest absolute Gasteiger partial charge is 0.534 e. The molecule has 0 saturated carbocycles. The lowest BCUT2D eigenvalue weighted by Gasteiger charge is -2.35. The van der Waals surface area contributed by atoms with E-state index in [0.717, 1.165) is 0 Å². The van der Waals surface area contributed by atoms with Crippen LogP contribution in [-0.2, 0) is 9.47 Å². The van der Waals surface area contributed by atoms with Crippen molar-refractivity contribution in [3.63, 3.8) is 0 Å². The van der Waals surface area contributed by atoms with Crippen LogP contribution in [0.25, 0.3) is 0 Å². The monoisotopic (exact) mass is 335 g/mol. The van der Waals surface area contributed by atoms with Gasteiger partial charge in [0, 0.05) is 13.1 Å². The Morgan fingerprint density at radius 1 is 1.00 bits per heavy atom. The van der Waals surface area contributed by atoms with E-state index in [1.165, 1.54) is 0 Å². The number of ether oxygens (including phenoxy) is 2. The molecule has 1 aliphatic heterocycles. The van der Waals surface area contributed by atoms with Crippen LogP contribution in [0.1, 0.15) is 31.1 Å². The van der Waals surface area contributed by atoms with Crippen molar-refractivity contribution in [3.05, 3.63) is 35.9 Å². The third kappa shape index (κ3) is 4.18. The summed E-state index contributed by atoms with van der Waals surface area (Å²) in [7, 11) is 0. The number of piperazine rings is 1. The molecule has 0 atom stereocenters. The molecular formula is C17H23N2O5+. The van der Waals surface area contributed by atoms with E-state index in [-0.39, 0.29) is 18.7 Å². The van der Waals surface area contributed by atoms with Gasteiger partial charge in [-0.3, -0.25) is 0 Å². The first-order chi connectivity index (χ1) is 11.2. The fourth-order valence-corrected chi connectivity index (χ4v) is 2.37. The molecule has 2 rings (SSSR count). The fourth-order valence-electron chi connectivity index (χ4n) is 2.37. The fraction of sp³-hybridized carbons (Fsp3) is 0.471. The van der Waals surface area contributed by atoms with Gasteiger partial charge in [0.2, 0.25) is 0 Å². The highest BCUT2D eigenvalue weighted by Crippen LogP contribution is 2.20. The highest BCUT2D eigenvalue weighted by Gasteiger charge is 2.51. The van der Waals surface area contributed by atoms with Gasteiger partial charge in [0.05, 0.1) is 5.56 Å². The number of esters is 1. The van der Waals surface area contributed by atoms with E-state index in [2.05, 4.69) is 5.32 Å². The molecule has 1 N–H and O–H groups in total. The van der Waals surface area contributed by atoms with Crippen LogP contribution in [0.4, 0.5) is 9.59 Å². The smallest absolute Gasteiger partial charge is 0.414 e. The zero-order valence-corrected chi connectivity index (χ0v) is 14.2. The summed E-state index contributed by atoms with van der Waals surface area (Å²) in [5, 5.41) is 3.08. The summed E-state index contributed by atoms with van der Waals surface area (Å²) < 4.78 is 9.71. The van der Waals surface area contributed by atoms with Crippen molar-refractivity contribution in [1.29, 1.82) is 0 Å². The van der Waals surface area contributed by atoms with Crippen LogP contribution in [0.2, 0.25) is 0 Å². The first-order valence-electron chi connectivity index (χ1n) is 7.88. The number of nitrogens with zero attached hydrogens (tertiary/aromatic N) is 1. The number of rotatable bonds is 1. The summed E-state index contributed by atoms with van der Waals surface area (Å²) in [4.78, 5) is 37.4. The molecule has 1 aromatic rings. The minimum absolute atomic E-state index is 0.176. The van der Waals surface area contributed by atoms with Crippen LogP contribution in [-0.4, -0.2) is 54.4 Å². The van der Waals surface area contributed by atoms with Crippen LogP contribution < -0.4 is 5.32 Å². The highest BCUT2D eigenvalue weighted by atomic mass is 16.6. The second-order valence-corrected chi connectivity index (χ2v) is 6.67. The van der Waals surface area contributed by atoms with Crippen molar-refractivity contribution in [2.24, 2.45) is 0 Å². The summed E-state index contributed by atoms with van der Waals surface area (Å²) in [5.74, 6) is -0.778. The standard InChI is InChI=1S/C17H23N2O5/c1-17(2,3)24-16(22)19(11-9-18-10-12-19)15(21)23-14(20)13-7-5-4-6-8-13/h4-8,18H,9-12H2,1-3H3/q+1. The molecule has 0 bridgehead atoms. The molecule has 0 unspecified atom stereocenters. The molecule has 1 fully saturated rings. The molecule has 7 heteroatoms. The minimum Gasteiger partial charge on any atom is -0.414 e. The maximum Gasteiger partial charge on any atom is 0.534 e. The number of amides is 2. The summed E-state index contributed by atoms with van der Waals surface area (Å²) in [6.45, 7) is 6.44. The van der Waals surface area contributed by atoms with Crippen LogP contribution >= 0.6 is 0 Å². The zero-order chi connectivity index (χ0) is 17.8. The Bertz CT molecular complexity index is 616. The van der Waals surface area contributed by atoms with Crippen LogP contribution in [0.15, 0.2) is 30.3 Å². The number of quaternary nitrogens is 1.